The molecule has 1 nitrogen and oxygen atoms in total. The molecule has 0 bridgehead atoms. The molecule has 38 heavy (non-hydrogen) atoms. The molecule has 0 aliphatic carbocycles. The van der Waals surface area contributed by atoms with Gasteiger partial charge in [0.1, 0.15) is 0 Å². The molecule has 0 saturated carbocycles. The van der Waals surface area contributed by atoms with Crippen molar-refractivity contribution in [3.63, 3.8) is 0 Å². The Morgan fingerprint density at radius 3 is 1.61 bits per heavy atom. The second kappa shape index (κ2) is 12.6. The van der Waals surface area contributed by atoms with E-state index >= 15 is 0 Å². The zero-order valence-electron chi connectivity index (χ0n) is 23.2. The van der Waals surface area contributed by atoms with Crippen LogP contribution in [0.2, 0.25) is 0 Å². The van der Waals surface area contributed by atoms with Crippen LogP contribution >= 0.6 is 20.8 Å². The number of ether oxygens (including phenoxy) is 1. The van der Waals surface area contributed by atoms with E-state index in [1.54, 1.807) is 0 Å². The Kier molecular flexibility index (Phi) is 9.50. The van der Waals surface area contributed by atoms with Crippen molar-refractivity contribution in [1.29, 1.82) is 0 Å². The average Bonchev–Trinajstić information content (AvgIpc) is 2.96. The Labute approximate surface area is 238 Å². The molecule has 200 valence electrons. The van der Waals surface area contributed by atoms with E-state index in [4.69, 9.17) is 4.74 Å². The number of hydrogen-bond acceptors (Lipinski definition) is 1. The van der Waals surface area contributed by atoms with E-state index < -0.39 is 5.31 Å². The Morgan fingerprint density at radius 1 is 0.632 bits per heavy atom. The molecule has 0 aliphatic heterocycles. The van der Waals surface area contributed by atoms with Gasteiger partial charge in [0.2, 0.25) is 0 Å². The molecular formula is C35H42BrOP. The van der Waals surface area contributed by atoms with Crippen LogP contribution in [-0.4, -0.2) is 6.61 Å². The van der Waals surface area contributed by atoms with E-state index in [2.05, 4.69) is 152 Å². The van der Waals surface area contributed by atoms with Gasteiger partial charge in [-0.05, 0) is 0 Å². The molecule has 0 aliphatic rings. The number of hydrogen-bond donors (Lipinski definition) is 0. The monoisotopic (exact) mass is 588 g/mol. The molecule has 0 aromatic heterocycles. The first-order chi connectivity index (χ1) is 18.4. The summed E-state index contributed by atoms with van der Waals surface area (Å²) >= 11 is 4.60. The first-order valence-corrected chi connectivity index (χ1v) is 18.4. The molecule has 0 radical (unpaired) electrons. The predicted octanol–water partition coefficient (Wildman–Crippen LogP) is 9.40. The zero-order chi connectivity index (χ0) is 26.9. The van der Waals surface area contributed by atoms with E-state index in [-0.39, 0.29) is 5.41 Å². The number of halogens is 1. The second-order valence-electron chi connectivity index (χ2n) is 11.2. The van der Waals surface area contributed by atoms with Gasteiger partial charge in [0.05, 0.1) is 0 Å². The van der Waals surface area contributed by atoms with Gasteiger partial charge in [0.15, 0.2) is 0 Å². The van der Waals surface area contributed by atoms with E-state index in [1.807, 2.05) is 0 Å². The molecule has 0 saturated heterocycles. The topological polar surface area (TPSA) is 9.23 Å². The quantitative estimate of drug-likeness (QED) is 0.112. The first-order valence-electron chi connectivity index (χ1n) is 14.0. The van der Waals surface area contributed by atoms with Crippen LogP contribution in [0.4, 0.5) is 0 Å². The first kappa shape index (κ1) is 28.6. The average molecular weight is 590 g/mol. The Bertz CT molecular complexity index is 1170. The van der Waals surface area contributed by atoms with Crippen molar-refractivity contribution in [2.45, 2.75) is 59.0 Å². The van der Waals surface area contributed by atoms with Crippen LogP contribution in [-0.2, 0) is 6.16 Å². The van der Waals surface area contributed by atoms with Gasteiger partial charge in [-0.15, -0.1) is 0 Å². The van der Waals surface area contributed by atoms with Crippen molar-refractivity contribution in [3.8, 4) is 5.75 Å². The van der Waals surface area contributed by atoms with E-state index in [0.29, 0.717) is 0 Å². The zero-order valence-corrected chi connectivity index (χ0v) is 25.6. The Balaban J connectivity index is 1.77. The van der Waals surface area contributed by atoms with Crippen LogP contribution in [0.25, 0.3) is 0 Å². The third-order valence-corrected chi connectivity index (χ3v) is 17.1. The summed E-state index contributed by atoms with van der Waals surface area (Å²) in [4.78, 5) is 0. The summed E-state index contributed by atoms with van der Waals surface area (Å²) in [6, 6.07) is 41.6. The van der Waals surface area contributed by atoms with Crippen LogP contribution in [0.1, 0.15) is 58.4 Å². The van der Waals surface area contributed by atoms with Crippen molar-refractivity contribution in [3.05, 3.63) is 121 Å². The maximum absolute atomic E-state index is 6.66. The van der Waals surface area contributed by atoms with E-state index in [0.717, 1.165) is 18.5 Å². The van der Waals surface area contributed by atoms with Crippen LogP contribution in [0.3, 0.4) is 0 Å². The van der Waals surface area contributed by atoms with Crippen LogP contribution in [0.5, 0.6) is 5.75 Å². The van der Waals surface area contributed by atoms with E-state index in [9.17, 15) is 0 Å². The van der Waals surface area contributed by atoms with Crippen molar-refractivity contribution >= 4 is 36.7 Å². The third-order valence-electron chi connectivity index (χ3n) is 7.65. The molecule has 3 heteroatoms. The summed E-state index contributed by atoms with van der Waals surface area (Å²) in [7, 11) is 0. The van der Waals surface area contributed by atoms with Gasteiger partial charge < -0.3 is 0 Å². The summed E-state index contributed by atoms with van der Waals surface area (Å²) in [5, 5.41) is 0.872. The molecule has 0 amide bonds. The summed E-state index contributed by atoms with van der Waals surface area (Å²) < 4.78 is 6.66. The van der Waals surface area contributed by atoms with Gasteiger partial charge in [0.25, 0.3) is 0 Å². The van der Waals surface area contributed by atoms with Crippen LogP contribution in [0.15, 0.2) is 115 Å². The number of unbranched alkanes of at least 4 members (excludes halogenated alkanes) is 3. The summed E-state index contributed by atoms with van der Waals surface area (Å²) in [5.41, 5.74) is 1.37. The molecule has 0 spiro atoms. The fraction of sp³-hybridized carbons (Fsp3) is 0.314. The SMILES string of the molecule is CCCCCCC(C)(C)COc1ccccc1CP(Br)(c1ccccc1)(c1ccccc1)c1ccccc1. The molecule has 0 heterocycles. The molecule has 4 aromatic carbocycles. The maximum atomic E-state index is 6.66. The Morgan fingerprint density at radius 2 is 1.11 bits per heavy atom. The molecule has 4 aromatic rings. The van der Waals surface area contributed by atoms with E-state index in [1.165, 1.54) is 53.6 Å². The molecule has 0 atom stereocenters. The fourth-order valence-corrected chi connectivity index (χ4v) is 13.1. The molecule has 0 fully saturated rings. The van der Waals surface area contributed by atoms with Gasteiger partial charge in [-0.3, -0.25) is 0 Å². The minimum atomic E-state index is -3.09. The molecule has 0 unspecified atom stereocenters. The van der Waals surface area contributed by atoms with Gasteiger partial charge in [-0.25, -0.2) is 0 Å². The minimum absolute atomic E-state index is 0.138. The molecular weight excluding hydrogens is 547 g/mol. The number of benzene rings is 4. The van der Waals surface area contributed by atoms with Crippen LogP contribution < -0.4 is 20.7 Å². The van der Waals surface area contributed by atoms with Crippen molar-refractivity contribution in [2.24, 2.45) is 5.41 Å². The predicted molar refractivity (Wildman–Crippen MR) is 172 cm³/mol. The molecule has 0 N–H and O–H groups in total. The number of para-hydroxylation sites is 1. The normalized spacial score (nSPS) is 13.0. The standard InChI is InChI=1S/C35H42BrOP/c1-4-5-6-18-27-35(2,3)29-37-34-26-17-16-19-30(34)28-38(36,31-20-10-7-11-21-31,32-22-12-8-13-23-32)33-24-14-9-15-25-33/h7-17,19-26H,4-6,18,27-29H2,1-3H3. The fourth-order valence-electron chi connectivity index (χ4n) is 5.41. The van der Waals surface area contributed by atoms with Crippen molar-refractivity contribution in [2.75, 3.05) is 6.61 Å². The third kappa shape index (κ3) is 6.24. The Hall–Kier alpha value is -2.41. The summed E-state index contributed by atoms with van der Waals surface area (Å²) in [6.45, 7) is 7.66. The van der Waals surface area contributed by atoms with Crippen LogP contribution in [0, 0.1) is 5.41 Å². The number of rotatable bonds is 13. The van der Waals surface area contributed by atoms with Crippen molar-refractivity contribution in [1.82, 2.24) is 0 Å². The van der Waals surface area contributed by atoms with Gasteiger partial charge in [0, 0.05) is 0 Å². The summed E-state index contributed by atoms with van der Waals surface area (Å²) in [6.07, 6.45) is 7.17. The molecule has 4 rings (SSSR count). The summed E-state index contributed by atoms with van der Waals surface area (Å²) in [5.74, 6) is 0.991. The van der Waals surface area contributed by atoms with Crippen molar-refractivity contribution < 1.29 is 4.74 Å². The van der Waals surface area contributed by atoms with Gasteiger partial charge >= 0.3 is 239 Å². The van der Waals surface area contributed by atoms with Gasteiger partial charge in [-0.1, -0.05) is 0 Å². The second-order valence-corrected chi connectivity index (χ2v) is 20.1. The van der Waals surface area contributed by atoms with Gasteiger partial charge in [-0.2, -0.15) is 0 Å².